The molecule has 0 spiro atoms. The third-order valence-electron chi connectivity index (χ3n) is 4.80. The van der Waals surface area contributed by atoms with E-state index < -0.39 is 28.3 Å². The molecule has 2 amide bonds. The molecule has 0 aromatic heterocycles. The molecule has 3 N–H and O–H groups in total. The molecule has 162 valence electrons. The van der Waals surface area contributed by atoms with Gasteiger partial charge < -0.3 is 15.7 Å². The van der Waals surface area contributed by atoms with Gasteiger partial charge in [0, 0.05) is 23.7 Å². The van der Waals surface area contributed by atoms with E-state index in [1.807, 2.05) is 0 Å². The summed E-state index contributed by atoms with van der Waals surface area (Å²) in [5.74, 6) is -1.49. The monoisotopic (exact) mass is 449 g/mol. The minimum Gasteiger partial charge on any atom is -0.463 e. The molecular formula is C19H17ClFN5O5. The number of nitrogens with one attached hydrogen (secondary N) is 2. The third kappa shape index (κ3) is 4.40. The fourth-order valence-electron chi connectivity index (χ4n) is 3.24. The van der Waals surface area contributed by atoms with Crippen LogP contribution in [0, 0.1) is 15.9 Å². The summed E-state index contributed by atoms with van der Waals surface area (Å²) >= 11 is 5.92. The minimum absolute atomic E-state index is 0.0146. The number of hydrogen-bond acceptors (Lipinski definition) is 5. The summed E-state index contributed by atoms with van der Waals surface area (Å²) in [6.07, 6.45) is -1.70. The highest BCUT2D eigenvalue weighted by molar-refractivity contribution is 6.31. The van der Waals surface area contributed by atoms with Crippen molar-refractivity contribution >= 4 is 46.6 Å². The van der Waals surface area contributed by atoms with Gasteiger partial charge in [-0.1, -0.05) is 23.7 Å². The van der Waals surface area contributed by atoms with Gasteiger partial charge in [-0.25, -0.2) is 9.18 Å². The highest BCUT2D eigenvalue weighted by Crippen LogP contribution is 2.36. The van der Waals surface area contributed by atoms with Gasteiger partial charge in [0.05, 0.1) is 22.6 Å². The number of carbonyl (C=O) groups excluding carboxylic acids is 1. The van der Waals surface area contributed by atoms with E-state index in [1.165, 1.54) is 50.4 Å². The molecule has 1 saturated heterocycles. The minimum atomic E-state index is -1.52. The molecule has 1 aliphatic heterocycles. The average molecular weight is 450 g/mol. The molecule has 0 aliphatic carbocycles. The zero-order valence-corrected chi connectivity index (χ0v) is 17.1. The van der Waals surface area contributed by atoms with Gasteiger partial charge in [-0.2, -0.15) is 0 Å². The van der Waals surface area contributed by atoms with E-state index >= 15 is 4.39 Å². The highest BCUT2D eigenvalue weighted by Gasteiger charge is 2.41. The molecular weight excluding hydrogens is 433 g/mol. The lowest BCUT2D eigenvalue weighted by atomic mass is 9.86. The van der Waals surface area contributed by atoms with Gasteiger partial charge in [0.15, 0.2) is 5.82 Å². The van der Waals surface area contributed by atoms with Gasteiger partial charge in [0.2, 0.25) is 11.9 Å². The summed E-state index contributed by atoms with van der Waals surface area (Å²) in [5.41, 5.74) is -1.68. The number of nitro benzene ring substituents is 1. The number of nitrogens with zero attached hydrogens (tertiary/aromatic N) is 3. The molecule has 0 radical (unpaired) electrons. The lowest BCUT2D eigenvalue weighted by Crippen LogP contribution is -2.59. The standard InChI is InChI=1S/C19H17ClFN5O5/c1-19(9-15(27)25(2)17(24-19)23-18(28)29)11-4-3-5-12(16(11)21)22-13-8-10(20)6-7-14(13)26(30)31/h3-8,22H,9H2,1-2H3,(H,23,24)(H,28,29)/t19-/m0/s1. The van der Waals surface area contributed by atoms with Gasteiger partial charge in [0.25, 0.3) is 5.69 Å². The number of anilines is 2. The van der Waals surface area contributed by atoms with Crippen LogP contribution in [0.2, 0.25) is 5.02 Å². The number of rotatable bonds is 4. The fraction of sp³-hybridized carbons (Fsp3) is 0.211. The lowest BCUT2D eigenvalue weighted by Gasteiger charge is -2.40. The lowest BCUT2D eigenvalue weighted by molar-refractivity contribution is -0.383. The Morgan fingerprint density at radius 1 is 1.39 bits per heavy atom. The second-order valence-electron chi connectivity index (χ2n) is 7.02. The van der Waals surface area contributed by atoms with Crippen LogP contribution in [0.4, 0.5) is 26.2 Å². The van der Waals surface area contributed by atoms with Crippen molar-refractivity contribution in [2.24, 2.45) is 4.99 Å². The first-order valence-corrected chi connectivity index (χ1v) is 9.26. The number of hydrogen-bond donors (Lipinski definition) is 3. The maximum absolute atomic E-state index is 15.4. The van der Waals surface area contributed by atoms with Crippen molar-refractivity contribution in [1.82, 2.24) is 10.2 Å². The number of halogens is 2. The third-order valence-corrected chi connectivity index (χ3v) is 5.04. The first kappa shape index (κ1) is 22.0. The predicted octanol–water partition coefficient (Wildman–Crippen LogP) is 3.83. The average Bonchev–Trinajstić information content (AvgIpc) is 2.66. The smallest absolute Gasteiger partial charge is 0.434 e. The molecule has 1 heterocycles. The molecule has 31 heavy (non-hydrogen) atoms. The Morgan fingerprint density at radius 2 is 2.10 bits per heavy atom. The van der Waals surface area contributed by atoms with Crippen LogP contribution >= 0.6 is 11.6 Å². The Bertz CT molecular complexity index is 1120. The first-order chi connectivity index (χ1) is 14.5. The first-order valence-electron chi connectivity index (χ1n) is 8.88. The van der Waals surface area contributed by atoms with Crippen LogP contribution in [-0.2, 0) is 10.3 Å². The van der Waals surface area contributed by atoms with E-state index in [0.717, 1.165) is 4.90 Å². The second kappa shape index (κ2) is 8.19. The van der Waals surface area contributed by atoms with Crippen LogP contribution in [0.1, 0.15) is 18.9 Å². The van der Waals surface area contributed by atoms with Crippen LogP contribution in [0.15, 0.2) is 41.4 Å². The maximum atomic E-state index is 15.4. The number of carbonyl (C=O) groups is 2. The van der Waals surface area contributed by atoms with Crippen LogP contribution in [0.3, 0.4) is 0 Å². The van der Waals surface area contributed by atoms with E-state index in [1.54, 1.807) is 0 Å². The summed E-state index contributed by atoms with van der Waals surface area (Å²) in [6.45, 7) is 1.53. The molecule has 10 nitrogen and oxygen atoms in total. The number of benzene rings is 2. The summed E-state index contributed by atoms with van der Waals surface area (Å²) < 4.78 is 15.4. The van der Waals surface area contributed by atoms with Crippen LogP contribution in [0.5, 0.6) is 0 Å². The highest BCUT2D eigenvalue weighted by atomic mass is 35.5. The quantitative estimate of drug-likeness (QED) is 0.476. The van der Waals surface area contributed by atoms with Crippen molar-refractivity contribution < 1.29 is 24.0 Å². The van der Waals surface area contributed by atoms with Crippen molar-refractivity contribution in [3.8, 4) is 0 Å². The zero-order chi connectivity index (χ0) is 22.9. The van der Waals surface area contributed by atoms with Crippen LogP contribution in [0.25, 0.3) is 0 Å². The predicted molar refractivity (Wildman–Crippen MR) is 111 cm³/mol. The van der Waals surface area contributed by atoms with Crippen LogP contribution < -0.4 is 10.6 Å². The fourth-order valence-corrected chi connectivity index (χ4v) is 3.41. The summed E-state index contributed by atoms with van der Waals surface area (Å²) in [5, 5.41) is 25.9. The Balaban J connectivity index is 2.03. The molecule has 2 aromatic carbocycles. The van der Waals surface area contributed by atoms with Gasteiger partial charge in [-0.05, 0) is 25.1 Å². The van der Waals surface area contributed by atoms with Crippen molar-refractivity contribution in [3.05, 3.63) is 62.9 Å². The van der Waals surface area contributed by atoms with E-state index in [9.17, 15) is 19.7 Å². The largest absolute Gasteiger partial charge is 0.463 e. The molecule has 3 rings (SSSR count). The Labute approximate surface area is 180 Å². The maximum Gasteiger partial charge on any atom is 0.434 e. The van der Waals surface area contributed by atoms with E-state index in [-0.39, 0.29) is 40.0 Å². The Kier molecular flexibility index (Phi) is 5.80. The van der Waals surface area contributed by atoms with Gasteiger partial charge in [-0.15, -0.1) is 4.99 Å². The van der Waals surface area contributed by atoms with Crippen molar-refractivity contribution in [3.63, 3.8) is 0 Å². The summed E-state index contributed by atoms with van der Waals surface area (Å²) in [7, 11) is 1.35. The molecule has 12 heteroatoms. The zero-order valence-electron chi connectivity index (χ0n) is 16.3. The van der Waals surface area contributed by atoms with E-state index in [2.05, 4.69) is 15.6 Å². The second-order valence-corrected chi connectivity index (χ2v) is 7.45. The number of guanidine groups is 1. The van der Waals surface area contributed by atoms with Gasteiger partial charge in [0.1, 0.15) is 5.69 Å². The van der Waals surface area contributed by atoms with Crippen molar-refractivity contribution in [2.45, 2.75) is 18.9 Å². The number of amides is 2. The number of aliphatic imine (C=N–C) groups is 1. The molecule has 1 aliphatic rings. The molecule has 0 saturated carbocycles. The van der Waals surface area contributed by atoms with E-state index in [0.29, 0.717) is 0 Å². The normalized spacial score (nSPS) is 19.8. The summed E-state index contributed by atoms with van der Waals surface area (Å²) in [6, 6.07) is 8.13. The SMILES string of the molecule is CN1C(=O)C[C@@](C)(c2cccc(Nc3cc(Cl)ccc3[N+](=O)[O-])c2F)N/C1=N\C(=O)O. The molecule has 1 fully saturated rings. The number of nitro groups is 1. The van der Waals surface area contributed by atoms with Crippen LogP contribution in [-0.4, -0.2) is 39.9 Å². The summed E-state index contributed by atoms with van der Waals surface area (Å²) in [4.78, 5) is 38.4. The molecule has 1 atom stereocenters. The molecule has 0 bridgehead atoms. The van der Waals surface area contributed by atoms with Crippen molar-refractivity contribution in [2.75, 3.05) is 12.4 Å². The van der Waals surface area contributed by atoms with Crippen molar-refractivity contribution in [1.29, 1.82) is 0 Å². The van der Waals surface area contributed by atoms with E-state index in [4.69, 9.17) is 16.7 Å². The van der Waals surface area contributed by atoms with Gasteiger partial charge >= 0.3 is 6.09 Å². The molecule has 0 unspecified atom stereocenters. The topological polar surface area (TPSA) is 137 Å². The number of carboxylic acid groups (broad SMARTS) is 1. The molecule has 2 aromatic rings. The Morgan fingerprint density at radius 3 is 2.74 bits per heavy atom. The Hall–Kier alpha value is -3.73. The van der Waals surface area contributed by atoms with Gasteiger partial charge in [-0.3, -0.25) is 19.8 Å².